The van der Waals surface area contributed by atoms with Crippen molar-refractivity contribution >= 4 is 38.9 Å². The van der Waals surface area contributed by atoms with Gasteiger partial charge in [0.25, 0.3) is 10.0 Å². The number of thiophene rings is 1. The van der Waals surface area contributed by atoms with E-state index in [1.54, 1.807) is 35.7 Å². The molecule has 2 heterocycles. The molecule has 0 bridgehead atoms. The van der Waals surface area contributed by atoms with Crippen LogP contribution < -0.4 is 4.74 Å². The highest BCUT2D eigenvalue weighted by Crippen LogP contribution is 2.28. The second kappa shape index (κ2) is 7.45. The average molecular weight is 400 g/mol. The SMILES string of the molecule is Cc1cc(Cl)ccc1OC(=O)C1CCN(S(=O)(=O)c2cccs2)CC1. The molecule has 25 heavy (non-hydrogen) atoms. The number of hydrogen-bond acceptors (Lipinski definition) is 5. The number of piperidine rings is 1. The highest BCUT2D eigenvalue weighted by Gasteiger charge is 2.33. The fraction of sp³-hybridized carbons (Fsp3) is 0.353. The Balaban J connectivity index is 1.61. The molecule has 0 unspecified atom stereocenters. The fourth-order valence-corrected chi connectivity index (χ4v) is 5.63. The highest BCUT2D eigenvalue weighted by atomic mass is 35.5. The molecular weight excluding hydrogens is 382 g/mol. The maximum absolute atomic E-state index is 12.5. The lowest BCUT2D eigenvalue weighted by atomic mass is 9.98. The van der Waals surface area contributed by atoms with E-state index in [1.807, 2.05) is 6.92 Å². The standard InChI is InChI=1S/C17H18ClNO4S2/c1-12-11-14(18)4-5-15(12)23-17(20)13-6-8-19(9-7-13)25(21,22)16-3-2-10-24-16/h2-5,10-11,13H,6-9H2,1H3. The van der Waals surface area contributed by atoms with E-state index in [2.05, 4.69) is 0 Å². The van der Waals surface area contributed by atoms with Gasteiger partial charge in [-0.05, 0) is 55.0 Å². The van der Waals surface area contributed by atoms with Crippen molar-refractivity contribution in [2.45, 2.75) is 24.0 Å². The van der Waals surface area contributed by atoms with Crippen LogP contribution >= 0.6 is 22.9 Å². The molecule has 1 aliphatic rings. The van der Waals surface area contributed by atoms with Crippen molar-refractivity contribution in [1.82, 2.24) is 4.31 Å². The van der Waals surface area contributed by atoms with Gasteiger partial charge < -0.3 is 4.74 Å². The van der Waals surface area contributed by atoms with Crippen LogP contribution in [0.25, 0.3) is 0 Å². The van der Waals surface area contributed by atoms with Crippen LogP contribution in [0.15, 0.2) is 39.9 Å². The third-order valence-corrected chi connectivity index (χ3v) is 7.73. The molecule has 0 aliphatic carbocycles. The molecule has 3 rings (SSSR count). The monoisotopic (exact) mass is 399 g/mol. The van der Waals surface area contributed by atoms with Crippen LogP contribution in [0.2, 0.25) is 5.02 Å². The first-order chi connectivity index (χ1) is 11.9. The number of esters is 1. The quantitative estimate of drug-likeness (QED) is 0.580. The van der Waals surface area contributed by atoms with Crippen molar-refractivity contribution in [2.75, 3.05) is 13.1 Å². The van der Waals surface area contributed by atoms with Crippen molar-refractivity contribution in [1.29, 1.82) is 0 Å². The lowest BCUT2D eigenvalue weighted by Gasteiger charge is -2.29. The number of carbonyl (C=O) groups excluding carboxylic acids is 1. The Bertz CT molecular complexity index is 857. The Morgan fingerprint density at radius 2 is 2.00 bits per heavy atom. The molecule has 134 valence electrons. The summed E-state index contributed by atoms with van der Waals surface area (Å²) in [5.41, 5.74) is 0.790. The van der Waals surface area contributed by atoms with Gasteiger partial charge in [0.2, 0.25) is 0 Å². The molecule has 0 amide bonds. The number of rotatable bonds is 4. The molecule has 1 aromatic carbocycles. The maximum atomic E-state index is 12.5. The second-order valence-corrected chi connectivity index (χ2v) is 9.49. The van der Waals surface area contributed by atoms with Crippen LogP contribution in [0.1, 0.15) is 18.4 Å². The van der Waals surface area contributed by atoms with Crippen molar-refractivity contribution in [2.24, 2.45) is 5.92 Å². The van der Waals surface area contributed by atoms with Gasteiger partial charge in [0, 0.05) is 18.1 Å². The van der Waals surface area contributed by atoms with Crippen LogP contribution in [0.5, 0.6) is 5.75 Å². The van der Waals surface area contributed by atoms with E-state index >= 15 is 0 Å². The number of benzene rings is 1. The summed E-state index contributed by atoms with van der Waals surface area (Å²) in [7, 11) is -3.45. The Labute approximate surface area is 156 Å². The van der Waals surface area contributed by atoms with Gasteiger partial charge in [-0.25, -0.2) is 8.42 Å². The summed E-state index contributed by atoms with van der Waals surface area (Å²) >= 11 is 7.10. The van der Waals surface area contributed by atoms with E-state index in [0.29, 0.717) is 40.9 Å². The summed E-state index contributed by atoms with van der Waals surface area (Å²) in [5, 5.41) is 2.33. The molecule has 0 saturated carbocycles. The maximum Gasteiger partial charge on any atom is 0.314 e. The van der Waals surface area contributed by atoms with Crippen molar-refractivity contribution in [3.05, 3.63) is 46.3 Å². The molecular formula is C17H18ClNO4S2. The minimum atomic E-state index is -3.45. The molecule has 0 spiro atoms. The zero-order valence-electron chi connectivity index (χ0n) is 13.6. The van der Waals surface area contributed by atoms with Crippen LogP contribution in [0.3, 0.4) is 0 Å². The van der Waals surface area contributed by atoms with Crippen LogP contribution in [0.4, 0.5) is 0 Å². The van der Waals surface area contributed by atoms with Gasteiger partial charge in [-0.15, -0.1) is 11.3 Å². The highest BCUT2D eigenvalue weighted by molar-refractivity contribution is 7.91. The normalized spacial score (nSPS) is 16.7. The zero-order chi connectivity index (χ0) is 18.0. The Kier molecular flexibility index (Phi) is 5.48. The van der Waals surface area contributed by atoms with Gasteiger partial charge in [0.15, 0.2) is 0 Å². The third kappa shape index (κ3) is 4.06. The zero-order valence-corrected chi connectivity index (χ0v) is 16.0. The smallest absolute Gasteiger partial charge is 0.314 e. The molecule has 0 atom stereocenters. The van der Waals surface area contributed by atoms with Crippen LogP contribution in [-0.2, 0) is 14.8 Å². The van der Waals surface area contributed by atoms with Gasteiger partial charge in [-0.1, -0.05) is 17.7 Å². The average Bonchev–Trinajstić information content (AvgIpc) is 3.13. The van der Waals surface area contributed by atoms with Crippen LogP contribution in [0, 0.1) is 12.8 Å². The van der Waals surface area contributed by atoms with Crippen molar-refractivity contribution < 1.29 is 17.9 Å². The lowest BCUT2D eigenvalue weighted by Crippen LogP contribution is -2.40. The number of nitrogens with zero attached hydrogens (tertiary/aromatic N) is 1. The summed E-state index contributed by atoms with van der Waals surface area (Å²) in [6.45, 7) is 2.46. The summed E-state index contributed by atoms with van der Waals surface area (Å²) in [4.78, 5) is 12.4. The van der Waals surface area contributed by atoms with E-state index in [1.165, 1.54) is 15.6 Å². The number of hydrogen-bond donors (Lipinski definition) is 0. The van der Waals surface area contributed by atoms with Gasteiger partial charge in [0.05, 0.1) is 5.92 Å². The Morgan fingerprint density at radius 1 is 1.28 bits per heavy atom. The fourth-order valence-electron chi connectivity index (χ4n) is 2.79. The molecule has 1 aliphatic heterocycles. The van der Waals surface area contributed by atoms with E-state index < -0.39 is 10.0 Å². The first-order valence-corrected chi connectivity index (χ1v) is 10.6. The number of carbonyl (C=O) groups is 1. The predicted octanol–water partition coefficient (Wildman–Crippen LogP) is 3.72. The molecule has 0 N–H and O–H groups in total. The van der Waals surface area contributed by atoms with Gasteiger partial charge in [0.1, 0.15) is 9.96 Å². The Hall–Kier alpha value is -1.41. The molecule has 0 radical (unpaired) electrons. The van der Waals surface area contributed by atoms with E-state index in [-0.39, 0.29) is 11.9 Å². The van der Waals surface area contributed by atoms with Crippen molar-refractivity contribution in [3.8, 4) is 5.75 Å². The summed E-state index contributed by atoms with van der Waals surface area (Å²) in [5.74, 6) is -0.133. The molecule has 1 fully saturated rings. The summed E-state index contributed by atoms with van der Waals surface area (Å²) in [6.07, 6.45) is 0.909. The first kappa shape index (κ1) is 18.4. The second-order valence-electron chi connectivity index (χ2n) is 5.94. The summed E-state index contributed by atoms with van der Waals surface area (Å²) < 4.78 is 32.2. The van der Waals surface area contributed by atoms with E-state index in [9.17, 15) is 13.2 Å². The number of sulfonamides is 1. The molecule has 1 aromatic heterocycles. The molecule has 8 heteroatoms. The topological polar surface area (TPSA) is 63.7 Å². The summed E-state index contributed by atoms with van der Waals surface area (Å²) in [6, 6.07) is 8.40. The van der Waals surface area contributed by atoms with Gasteiger partial charge in [-0.2, -0.15) is 4.31 Å². The minimum Gasteiger partial charge on any atom is -0.426 e. The largest absolute Gasteiger partial charge is 0.426 e. The minimum absolute atomic E-state index is 0.301. The van der Waals surface area contributed by atoms with E-state index in [0.717, 1.165) is 5.56 Å². The molecule has 1 saturated heterocycles. The molecule has 2 aromatic rings. The van der Waals surface area contributed by atoms with Crippen molar-refractivity contribution in [3.63, 3.8) is 0 Å². The van der Waals surface area contributed by atoms with Crippen LogP contribution in [-0.4, -0.2) is 31.8 Å². The lowest BCUT2D eigenvalue weighted by molar-refractivity contribution is -0.140. The third-order valence-electron chi connectivity index (χ3n) is 4.22. The van der Waals surface area contributed by atoms with Gasteiger partial charge in [-0.3, -0.25) is 4.79 Å². The number of aryl methyl sites for hydroxylation is 1. The first-order valence-electron chi connectivity index (χ1n) is 7.89. The van der Waals surface area contributed by atoms with E-state index in [4.69, 9.17) is 16.3 Å². The predicted molar refractivity (Wildman–Crippen MR) is 97.6 cm³/mol. The number of halogens is 1. The van der Waals surface area contributed by atoms with Gasteiger partial charge >= 0.3 is 5.97 Å². The molecule has 5 nitrogen and oxygen atoms in total. The number of ether oxygens (including phenoxy) is 1. The Morgan fingerprint density at radius 3 is 2.60 bits per heavy atom.